The Morgan fingerprint density at radius 1 is 1.56 bits per heavy atom. The molecule has 0 aliphatic heterocycles. The highest BCUT2D eigenvalue weighted by Gasteiger charge is 2.22. The molecule has 0 spiro atoms. The third-order valence-electron chi connectivity index (χ3n) is 1.31. The normalized spacial score (nSPS) is 12.4. The number of allylic oxidation sites excluding steroid dienone is 1. The van der Waals surface area contributed by atoms with Crippen molar-refractivity contribution in [3.8, 4) is 0 Å². The fraction of sp³-hybridized carbons (Fsp3) is 0.571. The lowest BCUT2D eigenvalue weighted by molar-refractivity contribution is -0.142. The van der Waals surface area contributed by atoms with E-state index in [4.69, 9.17) is 15.5 Å². The molecule has 0 fully saturated rings. The van der Waals surface area contributed by atoms with Crippen LogP contribution in [-0.2, 0) is 18.6 Å². The van der Waals surface area contributed by atoms with E-state index in [1.807, 2.05) is 0 Å². The number of carbonyl (C=O) groups excluding carboxylic acids is 1. The van der Waals surface area contributed by atoms with Gasteiger partial charge in [-0.15, -0.1) is 0 Å². The monoisotopic (exact) mass is 254 g/mol. The van der Waals surface area contributed by atoms with E-state index in [1.165, 1.54) is 6.92 Å². The molecule has 0 saturated heterocycles. The molecule has 0 rings (SSSR count). The predicted octanol–water partition coefficient (Wildman–Crippen LogP) is -0.951. The van der Waals surface area contributed by atoms with E-state index < -0.39 is 19.6 Å². The predicted molar refractivity (Wildman–Crippen MR) is 54.9 cm³/mol. The first kappa shape index (κ1) is 15.1. The summed E-state index contributed by atoms with van der Waals surface area (Å²) < 4.78 is 19.2. The highest BCUT2D eigenvalue weighted by atomic mass is 31.2. The first-order valence-electron chi connectivity index (χ1n) is 4.40. The Balaban J connectivity index is 4.09. The number of carbonyl (C=O) groups is 1. The second-order valence-corrected chi connectivity index (χ2v) is 3.76. The molecule has 0 atom stereocenters. The van der Waals surface area contributed by atoms with Crippen LogP contribution in [0.2, 0.25) is 0 Å². The van der Waals surface area contributed by atoms with E-state index in [2.05, 4.69) is 14.6 Å². The number of nitrogens with two attached hydrogens (primary N) is 1. The summed E-state index contributed by atoms with van der Waals surface area (Å²) in [5.74, 6) is -1.50. The first-order chi connectivity index (χ1) is 7.40. The Labute approximate surface area is 92.7 Å². The average Bonchev–Trinajstić information content (AvgIpc) is 2.19. The molecule has 0 aromatic carbocycles. The number of phosphoric ester groups is 1. The molecule has 94 valence electrons. The van der Waals surface area contributed by atoms with Crippen molar-refractivity contribution in [2.75, 3.05) is 19.8 Å². The number of rotatable bonds is 7. The van der Waals surface area contributed by atoms with E-state index >= 15 is 0 Å². The summed E-state index contributed by atoms with van der Waals surface area (Å²) in [6.07, 6.45) is 1.10. The molecule has 0 saturated carbocycles. The highest BCUT2D eigenvalue weighted by molar-refractivity contribution is 7.46. The van der Waals surface area contributed by atoms with Crippen LogP contribution in [0.4, 0.5) is 0 Å². The van der Waals surface area contributed by atoms with Crippen molar-refractivity contribution < 1.29 is 28.4 Å². The second kappa shape index (κ2) is 7.37. The van der Waals surface area contributed by atoms with Gasteiger partial charge in [0, 0.05) is 13.1 Å². The Hall–Kier alpha value is -0.920. The number of ether oxygens (including phenoxy) is 1. The van der Waals surface area contributed by atoms with Gasteiger partial charge >= 0.3 is 13.8 Å². The molecule has 0 unspecified atom stereocenters. The third-order valence-corrected chi connectivity index (χ3v) is 1.74. The first-order valence-corrected chi connectivity index (χ1v) is 5.93. The molecule has 16 heavy (non-hydrogen) atoms. The Kier molecular flexibility index (Phi) is 6.95. The molecule has 0 radical (unpaired) electrons. The quantitative estimate of drug-likeness (QED) is 0.114. The number of esters is 1. The van der Waals surface area contributed by atoms with E-state index in [1.54, 1.807) is 0 Å². The van der Waals surface area contributed by atoms with Crippen LogP contribution in [0.5, 0.6) is 0 Å². The van der Waals surface area contributed by atoms with Crippen LogP contribution >= 0.6 is 7.82 Å². The standard InChI is InChI=1S/C7H15N2O6P/c1-2-6(15-16(11,12)13)7(10)14-5-9-4-3-8/h2,9H,3-5,8H2,1H3,(H2,11,12,13)/b6-2+. The van der Waals surface area contributed by atoms with Crippen molar-refractivity contribution in [2.24, 2.45) is 5.73 Å². The second-order valence-electron chi connectivity index (χ2n) is 2.60. The Morgan fingerprint density at radius 2 is 2.19 bits per heavy atom. The maximum Gasteiger partial charge on any atom is 0.525 e. The van der Waals surface area contributed by atoms with Gasteiger partial charge in [-0.1, -0.05) is 0 Å². The van der Waals surface area contributed by atoms with Gasteiger partial charge in [0.15, 0.2) is 0 Å². The number of nitrogens with one attached hydrogen (secondary N) is 1. The topological polar surface area (TPSA) is 131 Å². The minimum Gasteiger partial charge on any atom is -0.444 e. The molecule has 0 aromatic rings. The van der Waals surface area contributed by atoms with E-state index in [0.29, 0.717) is 13.1 Å². The summed E-state index contributed by atoms with van der Waals surface area (Å²) in [5.41, 5.74) is 5.17. The van der Waals surface area contributed by atoms with Gasteiger partial charge < -0.3 is 15.0 Å². The van der Waals surface area contributed by atoms with Gasteiger partial charge in [0.05, 0.1) is 0 Å². The molecule has 9 heteroatoms. The molecular formula is C7H15N2O6P. The molecule has 0 aliphatic carbocycles. The van der Waals surface area contributed by atoms with Crippen LogP contribution in [-0.4, -0.2) is 35.6 Å². The SMILES string of the molecule is C/C=C(/OP(=O)(O)O)C(=O)OCNCCN. The van der Waals surface area contributed by atoms with Gasteiger partial charge in [-0.05, 0) is 13.0 Å². The van der Waals surface area contributed by atoms with Crippen molar-refractivity contribution in [3.05, 3.63) is 11.8 Å². The lowest BCUT2D eigenvalue weighted by Crippen LogP contribution is -2.27. The lowest BCUT2D eigenvalue weighted by atomic mass is 10.5. The third kappa shape index (κ3) is 7.38. The van der Waals surface area contributed by atoms with Gasteiger partial charge in [-0.3, -0.25) is 15.1 Å². The van der Waals surface area contributed by atoms with Crippen molar-refractivity contribution in [3.63, 3.8) is 0 Å². The van der Waals surface area contributed by atoms with Crippen molar-refractivity contribution in [2.45, 2.75) is 6.92 Å². The molecule has 0 amide bonds. The molecule has 8 nitrogen and oxygen atoms in total. The van der Waals surface area contributed by atoms with Crippen LogP contribution in [0.15, 0.2) is 11.8 Å². The average molecular weight is 254 g/mol. The van der Waals surface area contributed by atoms with Crippen molar-refractivity contribution in [1.82, 2.24) is 5.32 Å². The Bertz CT molecular complexity index is 299. The van der Waals surface area contributed by atoms with Crippen LogP contribution in [0.25, 0.3) is 0 Å². The number of phosphoric acid groups is 1. The molecule has 0 aliphatic rings. The molecule has 0 bridgehead atoms. The zero-order valence-corrected chi connectivity index (χ0v) is 9.65. The molecular weight excluding hydrogens is 239 g/mol. The van der Waals surface area contributed by atoms with Crippen LogP contribution in [0.3, 0.4) is 0 Å². The molecule has 0 heterocycles. The van der Waals surface area contributed by atoms with Gasteiger partial charge in [0.25, 0.3) is 0 Å². The summed E-state index contributed by atoms with van der Waals surface area (Å²) >= 11 is 0. The van der Waals surface area contributed by atoms with Gasteiger partial charge in [-0.2, -0.15) is 0 Å². The molecule has 0 aromatic heterocycles. The van der Waals surface area contributed by atoms with E-state index in [9.17, 15) is 9.36 Å². The van der Waals surface area contributed by atoms with Crippen LogP contribution in [0, 0.1) is 0 Å². The smallest absolute Gasteiger partial charge is 0.444 e. The van der Waals surface area contributed by atoms with E-state index in [0.717, 1.165) is 6.08 Å². The fourth-order valence-electron chi connectivity index (χ4n) is 0.698. The van der Waals surface area contributed by atoms with Crippen molar-refractivity contribution >= 4 is 13.8 Å². The number of hydrogen-bond donors (Lipinski definition) is 4. The van der Waals surface area contributed by atoms with E-state index in [-0.39, 0.29) is 6.73 Å². The maximum absolute atomic E-state index is 11.2. The lowest BCUT2D eigenvalue weighted by Gasteiger charge is -2.10. The Morgan fingerprint density at radius 3 is 2.62 bits per heavy atom. The number of hydrogen-bond acceptors (Lipinski definition) is 6. The fourth-order valence-corrected chi connectivity index (χ4v) is 1.13. The summed E-state index contributed by atoms with van der Waals surface area (Å²) in [6, 6.07) is 0. The summed E-state index contributed by atoms with van der Waals surface area (Å²) in [6.45, 7) is 2.11. The largest absolute Gasteiger partial charge is 0.525 e. The zero-order chi connectivity index (χ0) is 12.6. The maximum atomic E-state index is 11.2. The summed E-state index contributed by atoms with van der Waals surface area (Å²) in [5, 5.41) is 2.66. The summed E-state index contributed by atoms with van der Waals surface area (Å²) in [7, 11) is -4.75. The van der Waals surface area contributed by atoms with Gasteiger partial charge in [0.2, 0.25) is 5.76 Å². The van der Waals surface area contributed by atoms with Crippen LogP contribution < -0.4 is 11.1 Å². The minimum atomic E-state index is -4.75. The highest BCUT2D eigenvalue weighted by Crippen LogP contribution is 2.38. The van der Waals surface area contributed by atoms with Gasteiger partial charge in [-0.25, -0.2) is 9.36 Å². The summed E-state index contributed by atoms with van der Waals surface area (Å²) in [4.78, 5) is 28.2. The molecule has 5 N–H and O–H groups in total. The van der Waals surface area contributed by atoms with Gasteiger partial charge in [0.1, 0.15) is 6.73 Å². The minimum absolute atomic E-state index is 0.113. The zero-order valence-electron chi connectivity index (χ0n) is 8.75. The van der Waals surface area contributed by atoms with Crippen LogP contribution in [0.1, 0.15) is 6.92 Å². The van der Waals surface area contributed by atoms with Crippen molar-refractivity contribution in [1.29, 1.82) is 0 Å².